The van der Waals surface area contributed by atoms with E-state index < -0.39 is 0 Å². The minimum absolute atomic E-state index is 0.0299. The summed E-state index contributed by atoms with van der Waals surface area (Å²) < 4.78 is 0. The highest BCUT2D eigenvalue weighted by molar-refractivity contribution is 5.91. The predicted octanol–water partition coefficient (Wildman–Crippen LogP) is 2.59. The molecule has 1 saturated carbocycles. The fourth-order valence-electron chi connectivity index (χ4n) is 4.08. The van der Waals surface area contributed by atoms with Crippen LogP contribution in [-0.4, -0.2) is 41.5 Å². The molecule has 0 radical (unpaired) electrons. The Hall–Kier alpha value is -3.35. The standard InChI is InChI=1S/C22H25N5O2/c23-20-8-6-15(12-25-20)7-9-21(28)24-11-10-17-18-13-27(14-19(17)18)22(29)26-16-4-2-1-3-5-16/h1-9,12,17-19H,10-11,13-14H2,(H2,23,25)(H,24,28)(H,26,29)/b9-7+/t17?,18-,19+. The average molecular weight is 391 g/mol. The van der Waals surface area contributed by atoms with E-state index in [1.54, 1.807) is 18.3 Å². The van der Waals surface area contributed by atoms with Crippen LogP contribution in [0.25, 0.3) is 6.08 Å². The summed E-state index contributed by atoms with van der Waals surface area (Å²) in [6.45, 7) is 2.25. The number of fused-ring (bicyclic) bond motifs is 1. The third-order valence-corrected chi connectivity index (χ3v) is 5.70. The molecule has 2 heterocycles. The number of para-hydroxylation sites is 1. The van der Waals surface area contributed by atoms with Gasteiger partial charge in [0.15, 0.2) is 0 Å². The molecule has 2 fully saturated rings. The maximum atomic E-state index is 12.3. The third-order valence-electron chi connectivity index (χ3n) is 5.70. The van der Waals surface area contributed by atoms with Crippen LogP contribution in [-0.2, 0) is 4.79 Å². The van der Waals surface area contributed by atoms with E-state index in [-0.39, 0.29) is 11.9 Å². The maximum absolute atomic E-state index is 12.3. The first-order chi connectivity index (χ1) is 14.1. The van der Waals surface area contributed by atoms with Gasteiger partial charge in [-0.1, -0.05) is 18.2 Å². The average Bonchev–Trinajstić information content (AvgIpc) is 3.17. The molecule has 2 aliphatic rings. The molecule has 0 bridgehead atoms. The van der Waals surface area contributed by atoms with E-state index in [4.69, 9.17) is 5.73 Å². The number of piperidine rings is 1. The number of anilines is 2. The van der Waals surface area contributed by atoms with Gasteiger partial charge >= 0.3 is 6.03 Å². The summed E-state index contributed by atoms with van der Waals surface area (Å²) >= 11 is 0. The van der Waals surface area contributed by atoms with Gasteiger partial charge in [-0.25, -0.2) is 9.78 Å². The molecule has 0 spiro atoms. The number of hydrogen-bond acceptors (Lipinski definition) is 4. The van der Waals surface area contributed by atoms with Crippen LogP contribution < -0.4 is 16.4 Å². The SMILES string of the molecule is Nc1ccc(/C=C/C(=O)NCCC2[C@H]3CN(C(=O)Nc4ccccc4)C[C@@H]23)cn1. The first-order valence-corrected chi connectivity index (χ1v) is 9.88. The van der Waals surface area contributed by atoms with Crippen molar-refractivity contribution in [3.05, 3.63) is 60.3 Å². The first-order valence-electron chi connectivity index (χ1n) is 9.88. The molecule has 1 aliphatic carbocycles. The van der Waals surface area contributed by atoms with E-state index in [9.17, 15) is 9.59 Å². The molecule has 2 aromatic rings. The topological polar surface area (TPSA) is 100 Å². The van der Waals surface area contributed by atoms with Gasteiger partial charge in [-0.2, -0.15) is 0 Å². The van der Waals surface area contributed by atoms with E-state index in [1.807, 2.05) is 41.3 Å². The van der Waals surface area contributed by atoms with Crippen molar-refractivity contribution in [2.75, 3.05) is 30.7 Å². The first kappa shape index (κ1) is 19.0. The Morgan fingerprint density at radius 2 is 1.90 bits per heavy atom. The van der Waals surface area contributed by atoms with Crippen molar-refractivity contribution in [3.8, 4) is 0 Å². The Morgan fingerprint density at radius 3 is 2.59 bits per heavy atom. The monoisotopic (exact) mass is 391 g/mol. The largest absolute Gasteiger partial charge is 0.384 e. The van der Waals surface area contributed by atoms with Crippen molar-refractivity contribution in [2.45, 2.75) is 6.42 Å². The molecule has 150 valence electrons. The normalized spacial score (nSPS) is 22.3. The number of carbonyl (C=O) groups excluding carboxylic acids is 2. The maximum Gasteiger partial charge on any atom is 0.321 e. The van der Waals surface area contributed by atoms with Crippen molar-refractivity contribution < 1.29 is 9.59 Å². The molecule has 3 atom stereocenters. The second-order valence-electron chi connectivity index (χ2n) is 7.62. The molecule has 3 amide bonds. The molecule has 1 unspecified atom stereocenters. The molecule has 1 saturated heterocycles. The van der Waals surface area contributed by atoms with Gasteiger partial charge in [0.2, 0.25) is 5.91 Å². The second-order valence-corrected chi connectivity index (χ2v) is 7.62. The number of benzene rings is 1. The number of nitrogens with zero attached hydrogens (tertiary/aromatic N) is 2. The Bertz CT molecular complexity index is 885. The van der Waals surface area contributed by atoms with Gasteiger partial charge in [0, 0.05) is 37.6 Å². The number of nitrogens with one attached hydrogen (secondary N) is 2. The predicted molar refractivity (Wildman–Crippen MR) is 113 cm³/mol. The lowest BCUT2D eigenvalue weighted by molar-refractivity contribution is -0.116. The molecule has 29 heavy (non-hydrogen) atoms. The summed E-state index contributed by atoms with van der Waals surface area (Å²) in [5.41, 5.74) is 7.19. The quantitative estimate of drug-likeness (QED) is 0.659. The lowest BCUT2D eigenvalue weighted by Crippen LogP contribution is -2.35. The van der Waals surface area contributed by atoms with Crippen LogP contribution in [0.1, 0.15) is 12.0 Å². The zero-order valence-electron chi connectivity index (χ0n) is 16.1. The van der Waals surface area contributed by atoms with Gasteiger partial charge in [-0.15, -0.1) is 0 Å². The van der Waals surface area contributed by atoms with Crippen LogP contribution >= 0.6 is 0 Å². The van der Waals surface area contributed by atoms with Gasteiger partial charge in [0.1, 0.15) is 5.82 Å². The summed E-state index contributed by atoms with van der Waals surface area (Å²) in [6, 6.07) is 13.0. The minimum Gasteiger partial charge on any atom is -0.384 e. The molecule has 7 nitrogen and oxygen atoms in total. The number of rotatable bonds is 6. The number of carbonyl (C=O) groups is 2. The van der Waals surface area contributed by atoms with E-state index in [0.717, 1.165) is 30.8 Å². The number of nitrogens with two attached hydrogens (primary N) is 1. The Kier molecular flexibility index (Phi) is 5.46. The van der Waals surface area contributed by atoms with E-state index in [2.05, 4.69) is 15.6 Å². The van der Waals surface area contributed by atoms with E-state index in [1.165, 1.54) is 6.08 Å². The Balaban J connectivity index is 1.14. The summed E-state index contributed by atoms with van der Waals surface area (Å²) in [4.78, 5) is 30.2. The van der Waals surface area contributed by atoms with Gasteiger partial charge in [0.05, 0.1) is 0 Å². The lowest BCUT2D eigenvalue weighted by atomic mass is 10.2. The zero-order valence-corrected chi connectivity index (χ0v) is 16.1. The highest BCUT2D eigenvalue weighted by Crippen LogP contribution is 2.53. The number of nitrogen functional groups attached to an aromatic ring is 1. The van der Waals surface area contributed by atoms with Crippen molar-refractivity contribution in [2.24, 2.45) is 17.8 Å². The minimum atomic E-state index is -0.114. The number of urea groups is 1. The molecule has 7 heteroatoms. The summed E-state index contributed by atoms with van der Waals surface area (Å²) in [7, 11) is 0. The number of pyridine rings is 1. The molecular weight excluding hydrogens is 366 g/mol. The summed E-state index contributed by atoms with van der Waals surface area (Å²) in [5.74, 6) is 2.06. The van der Waals surface area contributed by atoms with Crippen molar-refractivity contribution in [3.63, 3.8) is 0 Å². The Morgan fingerprint density at radius 1 is 1.14 bits per heavy atom. The number of hydrogen-bond donors (Lipinski definition) is 3. The van der Waals surface area contributed by atoms with E-state index in [0.29, 0.717) is 30.1 Å². The third kappa shape index (κ3) is 4.74. The molecule has 1 aromatic carbocycles. The van der Waals surface area contributed by atoms with E-state index >= 15 is 0 Å². The van der Waals surface area contributed by atoms with Crippen LogP contribution in [0, 0.1) is 17.8 Å². The second kappa shape index (κ2) is 8.34. The molecule has 4 N–H and O–H groups in total. The number of likely N-dealkylation sites (tertiary alicyclic amines) is 1. The van der Waals surface area contributed by atoms with Crippen molar-refractivity contribution >= 4 is 29.5 Å². The smallest absolute Gasteiger partial charge is 0.321 e. The van der Waals surface area contributed by atoms with Crippen LogP contribution in [0.4, 0.5) is 16.3 Å². The summed E-state index contributed by atoms with van der Waals surface area (Å²) in [5, 5.41) is 5.87. The molecule has 4 rings (SSSR count). The van der Waals surface area contributed by atoms with Gasteiger partial charge in [-0.05, 0) is 60.1 Å². The molecular formula is C22H25N5O2. The van der Waals surface area contributed by atoms with Crippen LogP contribution in [0.15, 0.2) is 54.7 Å². The highest BCUT2D eigenvalue weighted by Gasteiger charge is 2.55. The number of aromatic nitrogens is 1. The Labute approximate surface area is 170 Å². The highest BCUT2D eigenvalue weighted by atomic mass is 16.2. The summed E-state index contributed by atoms with van der Waals surface area (Å²) in [6.07, 6.45) is 5.81. The zero-order chi connectivity index (χ0) is 20.2. The van der Waals surface area contributed by atoms with Gasteiger partial charge in [0.25, 0.3) is 0 Å². The van der Waals surface area contributed by atoms with Crippen LogP contribution in [0.5, 0.6) is 0 Å². The van der Waals surface area contributed by atoms with Crippen LogP contribution in [0.2, 0.25) is 0 Å². The van der Waals surface area contributed by atoms with Gasteiger partial charge < -0.3 is 21.3 Å². The fraction of sp³-hybridized carbons (Fsp3) is 0.318. The number of amides is 3. The van der Waals surface area contributed by atoms with Gasteiger partial charge in [-0.3, -0.25) is 4.79 Å². The fourth-order valence-corrected chi connectivity index (χ4v) is 4.08. The molecule has 1 aromatic heterocycles. The van der Waals surface area contributed by atoms with Crippen LogP contribution in [0.3, 0.4) is 0 Å². The van der Waals surface area contributed by atoms with Crippen molar-refractivity contribution in [1.82, 2.24) is 15.2 Å². The van der Waals surface area contributed by atoms with Crippen molar-refractivity contribution in [1.29, 1.82) is 0 Å². The lowest BCUT2D eigenvalue weighted by Gasteiger charge is -2.20. The molecule has 1 aliphatic heterocycles.